The monoisotopic (exact) mass is 279 g/mol. The Hall–Kier alpha value is -2.43. The maximum Gasteiger partial charge on any atom is 0.154 e. The van der Waals surface area contributed by atoms with E-state index in [1.807, 2.05) is 42.2 Å². The molecule has 5 heteroatoms. The second kappa shape index (κ2) is 4.84. The molecule has 0 atom stereocenters. The maximum atomic E-state index is 4.66. The number of rotatable bonds is 4. The second-order valence-electron chi connectivity index (χ2n) is 5.60. The highest BCUT2D eigenvalue weighted by Crippen LogP contribution is 2.40. The summed E-state index contributed by atoms with van der Waals surface area (Å²) in [4.78, 5) is 11.0. The van der Waals surface area contributed by atoms with Crippen LogP contribution in [0.4, 0.5) is 5.82 Å². The summed E-state index contributed by atoms with van der Waals surface area (Å²) in [6, 6.07) is 8.15. The average Bonchev–Trinajstić information content (AvgIpc) is 3.26. The first-order chi connectivity index (χ1) is 10.3. The van der Waals surface area contributed by atoms with Crippen molar-refractivity contribution in [2.24, 2.45) is 0 Å². The summed E-state index contributed by atoms with van der Waals surface area (Å²) in [5, 5.41) is 4.66. The minimum Gasteiger partial charge on any atom is -0.352 e. The standard InChI is InChI=1S/C16H17N5/c1-20(11-13-4-2-3-7-17-13)16-15-10-14(12-5-6-12)19-21(15)9-8-18-16/h2-4,7-10,12H,5-6,11H2,1H3. The third-order valence-electron chi connectivity index (χ3n) is 3.87. The third-order valence-corrected chi connectivity index (χ3v) is 3.87. The minimum atomic E-state index is 0.652. The van der Waals surface area contributed by atoms with Crippen molar-refractivity contribution in [3.05, 3.63) is 54.2 Å². The Morgan fingerprint density at radius 1 is 1.24 bits per heavy atom. The summed E-state index contributed by atoms with van der Waals surface area (Å²) in [5.74, 6) is 1.60. The molecule has 0 N–H and O–H groups in total. The Labute approximate surface area is 123 Å². The first kappa shape index (κ1) is 12.3. The highest BCUT2D eigenvalue weighted by Gasteiger charge is 2.27. The first-order valence-corrected chi connectivity index (χ1v) is 7.26. The van der Waals surface area contributed by atoms with Crippen LogP contribution in [0.2, 0.25) is 0 Å². The summed E-state index contributed by atoms with van der Waals surface area (Å²) in [6.45, 7) is 0.734. The van der Waals surface area contributed by atoms with Gasteiger partial charge in [0.05, 0.1) is 17.9 Å². The Morgan fingerprint density at radius 3 is 2.90 bits per heavy atom. The van der Waals surface area contributed by atoms with E-state index in [1.54, 1.807) is 6.20 Å². The largest absolute Gasteiger partial charge is 0.352 e. The SMILES string of the molecule is CN(Cc1ccccn1)c1nccn2nc(C3CC3)cc12. The lowest BCUT2D eigenvalue weighted by Gasteiger charge is -2.18. The number of nitrogens with zero attached hydrogens (tertiary/aromatic N) is 5. The lowest BCUT2D eigenvalue weighted by atomic mass is 10.3. The lowest BCUT2D eigenvalue weighted by Crippen LogP contribution is -2.19. The van der Waals surface area contributed by atoms with Gasteiger partial charge in [-0.1, -0.05) is 6.07 Å². The topological polar surface area (TPSA) is 46.3 Å². The fraction of sp³-hybridized carbons (Fsp3) is 0.312. The van der Waals surface area contributed by atoms with Crippen molar-refractivity contribution in [2.45, 2.75) is 25.3 Å². The van der Waals surface area contributed by atoms with Gasteiger partial charge in [-0.3, -0.25) is 4.98 Å². The van der Waals surface area contributed by atoms with Crippen molar-refractivity contribution in [2.75, 3.05) is 11.9 Å². The van der Waals surface area contributed by atoms with E-state index >= 15 is 0 Å². The molecule has 0 bridgehead atoms. The van der Waals surface area contributed by atoms with E-state index < -0.39 is 0 Å². The zero-order chi connectivity index (χ0) is 14.2. The predicted molar refractivity (Wildman–Crippen MR) is 81.3 cm³/mol. The van der Waals surface area contributed by atoms with Crippen LogP contribution in [0.5, 0.6) is 0 Å². The maximum absolute atomic E-state index is 4.66. The Morgan fingerprint density at radius 2 is 2.14 bits per heavy atom. The molecule has 0 spiro atoms. The molecule has 1 aliphatic rings. The summed E-state index contributed by atoms with van der Waals surface area (Å²) >= 11 is 0. The van der Waals surface area contributed by atoms with E-state index in [9.17, 15) is 0 Å². The summed E-state index contributed by atoms with van der Waals surface area (Å²) in [6.07, 6.45) is 8.06. The molecule has 3 aromatic heterocycles. The zero-order valence-corrected chi connectivity index (χ0v) is 12.0. The number of aromatic nitrogens is 4. The van der Waals surface area contributed by atoms with Crippen LogP contribution in [0.15, 0.2) is 42.9 Å². The fourth-order valence-corrected chi connectivity index (χ4v) is 2.61. The van der Waals surface area contributed by atoms with Gasteiger partial charge in [-0.2, -0.15) is 5.10 Å². The molecule has 1 saturated carbocycles. The molecule has 0 aromatic carbocycles. The van der Waals surface area contributed by atoms with Gasteiger partial charge in [-0.15, -0.1) is 0 Å². The molecule has 0 radical (unpaired) electrons. The summed E-state index contributed by atoms with van der Waals surface area (Å²) < 4.78 is 1.94. The van der Waals surface area contributed by atoms with Crippen molar-refractivity contribution >= 4 is 11.3 Å². The zero-order valence-electron chi connectivity index (χ0n) is 12.0. The molecule has 1 fully saturated rings. The summed E-state index contributed by atoms with van der Waals surface area (Å²) in [7, 11) is 2.04. The van der Waals surface area contributed by atoms with Gasteiger partial charge in [0.2, 0.25) is 0 Å². The highest BCUT2D eigenvalue weighted by molar-refractivity contribution is 5.69. The van der Waals surface area contributed by atoms with Crippen molar-refractivity contribution in [1.82, 2.24) is 19.6 Å². The number of anilines is 1. The Bertz CT molecular complexity index is 761. The van der Waals surface area contributed by atoms with Gasteiger partial charge >= 0.3 is 0 Å². The Kier molecular flexibility index (Phi) is 2.84. The number of hydrogen-bond acceptors (Lipinski definition) is 4. The van der Waals surface area contributed by atoms with Gasteiger partial charge in [0, 0.05) is 31.6 Å². The van der Waals surface area contributed by atoms with Crippen LogP contribution in [0, 0.1) is 0 Å². The second-order valence-corrected chi connectivity index (χ2v) is 5.60. The molecule has 4 rings (SSSR count). The molecule has 1 aliphatic carbocycles. The quantitative estimate of drug-likeness (QED) is 0.736. The van der Waals surface area contributed by atoms with Crippen LogP contribution >= 0.6 is 0 Å². The van der Waals surface area contributed by atoms with Gasteiger partial charge < -0.3 is 4.90 Å². The van der Waals surface area contributed by atoms with E-state index in [0.717, 1.165) is 23.6 Å². The average molecular weight is 279 g/mol. The van der Waals surface area contributed by atoms with Crippen LogP contribution < -0.4 is 4.90 Å². The molecular formula is C16H17N5. The smallest absolute Gasteiger partial charge is 0.154 e. The van der Waals surface area contributed by atoms with Gasteiger partial charge in [0.25, 0.3) is 0 Å². The number of fused-ring (bicyclic) bond motifs is 1. The summed E-state index contributed by atoms with van der Waals surface area (Å²) in [5.41, 5.74) is 3.29. The third kappa shape index (κ3) is 2.35. The van der Waals surface area contributed by atoms with Crippen molar-refractivity contribution in [1.29, 1.82) is 0 Å². The van der Waals surface area contributed by atoms with Crippen molar-refractivity contribution in [3.63, 3.8) is 0 Å². The minimum absolute atomic E-state index is 0.652. The van der Waals surface area contributed by atoms with Crippen LogP contribution in [0.3, 0.4) is 0 Å². The van der Waals surface area contributed by atoms with Gasteiger partial charge in [0.15, 0.2) is 5.82 Å². The molecular weight excluding hydrogens is 262 g/mol. The van der Waals surface area contributed by atoms with Crippen LogP contribution in [0.25, 0.3) is 5.52 Å². The number of hydrogen-bond donors (Lipinski definition) is 0. The molecule has 21 heavy (non-hydrogen) atoms. The molecule has 0 amide bonds. The van der Waals surface area contributed by atoms with Gasteiger partial charge in [-0.25, -0.2) is 9.50 Å². The molecule has 0 aliphatic heterocycles. The van der Waals surface area contributed by atoms with E-state index in [4.69, 9.17) is 0 Å². The number of pyridine rings is 1. The van der Waals surface area contributed by atoms with Gasteiger partial charge in [0.1, 0.15) is 5.52 Å². The molecule has 5 nitrogen and oxygen atoms in total. The molecule has 3 heterocycles. The van der Waals surface area contributed by atoms with E-state index in [-0.39, 0.29) is 0 Å². The van der Waals surface area contributed by atoms with E-state index in [0.29, 0.717) is 5.92 Å². The molecule has 106 valence electrons. The van der Waals surface area contributed by atoms with Crippen LogP contribution in [-0.2, 0) is 6.54 Å². The van der Waals surface area contributed by atoms with Crippen LogP contribution in [0.1, 0.15) is 30.1 Å². The van der Waals surface area contributed by atoms with Crippen molar-refractivity contribution < 1.29 is 0 Å². The molecule has 3 aromatic rings. The highest BCUT2D eigenvalue weighted by atomic mass is 15.3. The van der Waals surface area contributed by atoms with Crippen molar-refractivity contribution in [3.8, 4) is 0 Å². The molecule has 0 saturated heterocycles. The molecule has 0 unspecified atom stereocenters. The normalized spacial score (nSPS) is 14.5. The predicted octanol–water partition coefficient (Wildman–Crippen LogP) is 2.64. The fourth-order valence-electron chi connectivity index (χ4n) is 2.61. The van der Waals surface area contributed by atoms with E-state index in [2.05, 4.69) is 26.0 Å². The van der Waals surface area contributed by atoms with Gasteiger partial charge in [-0.05, 0) is 31.0 Å². The van der Waals surface area contributed by atoms with E-state index in [1.165, 1.54) is 18.5 Å². The Balaban J connectivity index is 1.68. The lowest BCUT2D eigenvalue weighted by molar-refractivity contribution is 0.845. The first-order valence-electron chi connectivity index (χ1n) is 7.26. The van der Waals surface area contributed by atoms with Crippen LogP contribution in [-0.4, -0.2) is 26.6 Å².